The van der Waals surface area contributed by atoms with Crippen molar-refractivity contribution in [2.45, 2.75) is 0 Å². The Kier molecular flexibility index (Phi) is 3.05. The Morgan fingerprint density at radius 1 is 0.682 bits per heavy atom. The zero-order valence-electron chi connectivity index (χ0n) is 12.4. The van der Waals surface area contributed by atoms with Crippen LogP contribution >= 0.6 is 0 Å². The summed E-state index contributed by atoms with van der Waals surface area (Å²) >= 11 is 0. The second-order valence-corrected chi connectivity index (χ2v) is 5.39. The second-order valence-electron chi connectivity index (χ2n) is 5.39. The van der Waals surface area contributed by atoms with Crippen LogP contribution in [0, 0.1) is 0 Å². The predicted molar refractivity (Wildman–Crippen MR) is 91.9 cm³/mol. The van der Waals surface area contributed by atoms with Crippen LogP contribution in [0.5, 0.6) is 5.75 Å². The van der Waals surface area contributed by atoms with Crippen LogP contribution in [0.2, 0.25) is 0 Å². The highest BCUT2D eigenvalue weighted by Gasteiger charge is 2.25. The first-order chi connectivity index (χ1) is 10.9. The van der Waals surface area contributed by atoms with E-state index in [1.807, 2.05) is 6.07 Å². The summed E-state index contributed by atoms with van der Waals surface area (Å²) < 4.78 is 5.43. The molecule has 2 aromatic carbocycles. The maximum atomic E-state index is 5.43. The lowest BCUT2D eigenvalue weighted by molar-refractivity contribution is 0.415. The van der Waals surface area contributed by atoms with Crippen molar-refractivity contribution in [2.75, 3.05) is 7.11 Å². The quantitative estimate of drug-likeness (QED) is 0.599. The van der Waals surface area contributed by atoms with E-state index in [9.17, 15) is 0 Å². The molecule has 4 rings (SSSR count). The third-order valence-electron chi connectivity index (χ3n) is 4.16. The van der Waals surface area contributed by atoms with Gasteiger partial charge in [-0.2, -0.15) is 0 Å². The standard InChI is InChI=1S/C21H16O/c1-22-16-12-13-18-17-10-6-7-11-19(17)21(20(18)14-16)15-8-4-2-3-5-9-15/h2-14H,1H3. The summed E-state index contributed by atoms with van der Waals surface area (Å²) in [6, 6.07) is 14.9. The Bertz CT molecular complexity index is 845. The number of fused-ring (bicyclic) bond motifs is 3. The van der Waals surface area contributed by atoms with Gasteiger partial charge in [-0.1, -0.05) is 66.8 Å². The van der Waals surface area contributed by atoms with E-state index in [0.717, 1.165) is 5.75 Å². The Morgan fingerprint density at radius 3 is 2.09 bits per heavy atom. The van der Waals surface area contributed by atoms with Gasteiger partial charge in [0.25, 0.3) is 0 Å². The van der Waals surface area contributed by atoms with Gasteiger partial charge < -0.3 is 4.74 Å². The average Bonchev–Trinajstić information content (AvgIpc) is 2.72. The molecule has 0 amide bonds. The molecular formula is C21H16O. The van der Waals surface area contributed by atoms with Crippen LogP contribution < -0.4 is 4.74 Å². The number of hydrogen-bond donors (Lipinski definition) is 0. The molecule has 1 nitrogen and oxygen atoms in total. The number of methoxy groups -OCH3 is 1. The van der Waals surface area contributed by atoms with Gasteiger partial charge in [-0.3, -0.25) is 0 Å². The molecule has 0 unspecified atom stereocenters. The van der Waals surface area contributed by atoms with Crippen LogP contribution in [0.15, 0.2) is 84.5 Å². The molecule has 0 saturated carbocycles. The van der Waals surface area contributed by atoms with Crippen molar-refractivity contribution in [3.05, 3.63) is 95.6 Å². The van der Waals surface area contributed by atoms with Crippen molar-refractivity contribution in [1.82, 2.24) is 0 Å². The molecule has 106 valence electrons. The molecule has 0 spiro atoms. The minimum Gasteiger partial charge on any atom is -0.497 e. The number of allylic oxidation sites excluding steroid dienone is 7. The Hall–Kier alpha value is -2.80. The molecular weight excluding hydrogens is 268 g/mol. The molecule has 2 aromatic rings. The highest BCUT2D eigenvalue weighted by molar-refractivity contribution is 6.03. The first-order valence-corrected chi connectivity index (χ1v) is 7.42. The first-order valence-electron chi connectivity index (χ1n) is 7.42. The number of benzene rings is 2. The fourth-order valence-corrected chi connectivity index (χ4v) is 3.15. The monoisotopic (exact) mass is 284 g/mol. The van der Waals surface area contributed by atoms with Gasteiger partial charge in [0.2, 0.25) is 0 Å². The molecule has 1 heteroatoms. The van der Waals surface area contributed by atoms with Crippen molar-refractivity contribution in [1.29, 1.82) is 0 Å². The maximum absolute atomic E-state index is 5.43. The summed E-state index contributed by atoms with van der Waals surface area (Å²) in [5.41, 5.74) is 7.61. The molecule has 0 bridgehead atoms. The van der Waals surface area contributed by atoms with Crippen LogP contribution in [0.25, 0.3) is 16.7 Å². The summed E-state index contributed by atoms with van der Waals surface area (Å²) in [6.07, 6.45) is 12.6. The van der Waals surface area contributed by atoms with Gasteiger partial charge in [-0.05, 0) is 45.5 Å². The van der Waals surface area contributed by atoms with Crippen molar-refractivity contribution in [3.8, 4) is 16.9 Å². The summed E-state index contributed by atoms with van der Waals surface area (Å²) in [5.74, 6) is 0.893. The van der Waals surface area contributed by atoms with Crippen LogP contribution in [0.4, 0.5) is 0 Å². The van der Waals surface area contributed by atoms with E-state index >= 15 is 0 Å². The second kappa shape index (κ2) is 5.19. The van der Waals surface area contributed by atoms with E-state index < -0.39 is 0 Å². The summed E-state index contributed by atoms with van der Waals surface area (Å²) in [4.78, 5) is 0. The largest absolute Gasteiger partial charge is 0.497 e. The molecule has 22 heavy (non-hydrogen) atoms. The van der Waals surface area contributed by atoms with Crippen LogP contribution in [0.3, 0.4) is 0 Å². The van der Waals surface area contributed by atoms with Crippen LogP contribution in [-0.4, -0.2) is 7.11 Å². The van der Waals surface area contributed by atoms with Gasteiger partial charge in [-0.15, -0.1) is 0 Å². The van der Waals surface area contributed by atoms with Gasteiger partial charge in [-0.25, -0.2) is 0 Å². The minimum atomic E-state index is 0.893. The fourth-order valence-electron chi connectivity index (χ4n) is 3.15. The molecule has 0 radical (unpaired) electrons. The average molecular weight is 284 g/mol. The Balaban J connectivity index is 2.05. The van der Waals surface area contributed by atoms with E-state index in [2.05, 4.69) is 72.9 Å². The van der Waals surface area contributed by atoms with E-state index in [4.69, 9.17) is 4.74 Å². The van der Waals surface area contributed by atoms with Gasteiger partial charge in [0.15, 0.2) is 0 Å². The topological polar surface area (TPSA) is 9.23 Å². The molecule has 0 N–H and O–H groups in total. The van der Waals surface area contributed by atoms with E-state index in [0.29, 0.717) is 0 Å². The molecule has 0 heterocycles. The Morgan fingerprint density at radius 2 is 1.36 bits per heavy atom. The predicted octanol–water partition coefficient (Wildman–Crippen LogP) is 5.16. The molecule has 0 atom stereocenters. The zero-order valence-corrected chi connectivity index (χ0v) is 12.4. The van der Waals surface area contributed by atoms with Crippen LogP contribution in [-0.2, 0) is 0 Å². The van der Waals surface area contributed by atoms with Crippen molar-refractivity contribution in [3.63, 3.8) is 0 Å². The summed E-state index contributed by atoms with van der Waals surface area (Å²) in [6.45, 7) is 0. The molecule has 0 saturated heterocycles. The SMILES string of the molecule is COc1ccc2c(c1)C(=C1C=CC=CC=C1)c1ccccc1-2. The van der Waals surface area contributed by atoms with Crippen molar-refractivity contribution in [2.24, 2.45) is 0 Å². The van der Waals surface area contributed by atoms with Gasteiger partial charge in [0.1, 0.15) is 5.75 Å². The lowest BCUT2D eigenvalue weighted by Crippen LogP contribution is -1.88. The van der Waals surface area contributed by atoms with E-state index in [-0.39, 0.29) is 0 Å². The zero-order chi connectivity index (χ0) is 14.9. The smallest absolute Gasteiger partial charge is 0.119 e. The molecule has 0 aliphatic heterocycles. The number of hydrogen-bond acceptors (Lipinski definition) is 1. The molecule has 0 fully saturated rings. The lowest BCUT2D eigenvalue weighted by Gasteiger charge is -2.08. The van der Waals surface area contributed by atoms with E-state index in [1.54, 1.807) is 7.11 Å². The third kappa shape index (κ3) is 1.94. The number of ether oxygens (including phenoxy) is 1. The maximum Gasteiger partial charge on any atom is 0.119 e. The Labute approximate surface area is 130 Å². The first kappa shape index (κ1) is 12.9. The van der Waals surface area contributed by atoms with Crippen molar-refractivity contribution >= 4 is 5.57 Å². The summed E-state index contributed by atoms with van der Waals surface area (Å²) in [5, 5.41) is 0. The summed E-state index contributed by atoms with van der Waals surface area (Å²) in [7, 11) is 1.71. The lowest BCUT2D eigenvalue weighted by atomic mass is 9.97. The van der Waals surface area contributed by atoms with Crippen molar-refractivity contribution < 1.29 is 4.74 Å². The minimum absolute atomic E-state index is 0.893. The highest BCUT2D eigenvalue weighted by atomic mass is 16.5. The number of rotatable bonds is 1. The van der Waals surface area contributed by atoms with Crippen LogP contribution in [0.1, 0.15) is 11.1 Å². The molecule has 0 aromatic heterocycles. The third-order valence-corrected chi connectivity index (χ3v) is 4.16. The highest BCUT2D eigenvalue weighted by Crippen LogP contribution is 2.47. The van der Waals surface area contributed by atoms with Gasteiger partial charge >= 0.3 is 0 Å². The molecule has 2 aliphatic rings. The fraction of sp³-hybridized carbons (Fsp3) is 0.0476. The van der Waals surface area contributed by atoms with Gasteiger partial charge in [0, 0.05) is 0 Å². The van der Waals surface area contributed by atoms with E-state index in [1.165, 1.54) is 33.4 Å². The molecule has 2 aliphatic carbocycles. The van der Waals surface area contributed by atoms with Gasteiger partial charge in [0.05, 0.1) is 7.11 Å². The normalized spacial score (nSPS) is 14.8.